The summed E-state index contributed by atoms with van der Waals surface area (Å²) in [7, 11) is 0. The maximum atomic E-state index is 15.4. The van der Waals surface area contributed by atoms with E-state index < -0.39 is 35.6 Å². The van der Waals surface area contributed by atoms with E-state index in [1.54, 1.807) is 37.8 Å². The minimum Gasteiger partial charge on any atom is -0.490 e. The lowest BCUT2D eigenvalue weighted by Gasteiger charge is -2.34. The van der Waals surface area contributed by atoms with Crippen molar-refractivity contribution in [3.63, 3.8) is 0 Å². The van der Waals surface area contributed by atoms with Crippen LogP contribution in [-0.4, -0.2) is 84.1 Å². The minimum absolute atomic E-state index is 0.0489. The van der Waals surface area contributed by atoms with Crippen LogP contribution >= 0.6 is 0 Å². The topological polar surface area (TPSA) is 97.4 Å². The Morgan fingerprint density at radius 2 is 1.57 bits per heavy atom. The van der Waals surface area contributed by atoms with E-state index in [-0.39, 0.29) is 49.8 Å². The number of nitrogens with one attached hydrogen (secondary N) is 1. The van der Waals surface area contributed by atoms with E-state index in [1.807, 2.05) is 45.0 Å². The number of likely N-dealkylation sites (tertiary alicyclic amines) is 2. The molecule has 0 radical (unpaired) electrons. The molecular weight excluding hydrogens is 596 g/mol. The van der Waals surface area contributed by atoms with Gasteiger partial charge in [0.2, 0.25) is 5.91 Å². The maximum absolute atomic E-state index is 15.4. The van der Waals surface area contributed by atoms with Crippen LogP contribution in [0.4, 0.5) is 18.4 Å². The second-order valence-corrected chi connectivity index (χ2v) is 13.5. The van der Waals surface area contributed by atoms with Gasteiger partial charge in [0.25, 0.3) is 0 Å². The molecule has 0 aliphatic carbocycles. The van der Waals surface area contributed by atoms with E-state index in [0.29, 0.717) is 30.3 Å². The summed E-state index contributed by atoms with van der Waals surface area (Å²) in [6.45, 7) is 12.3. The van der Waals surface area contributed by atoms with Crippen LogP contribution in [-0.2, 0) is 20.7 Å². The molecule has 2 aromatic rings. The van der Waals surface area contributed by atoms with Gasteiger partial charge in [0.05, 0.1) is 18.8 Å². The maximum Gasteiger partial charge on any atom is 0.410 e. The molecule has 0 bridgehead atoms. The molecule has 11 heteroatoms. The molecule has 3 amide bonds. The smallest absolute Gasteiger partial charge is 0.410 e. The fourth-order valence-electron chi connectivity index (χ4n) is 5.76. The molecule has 2 fully saturated rings. The van der Waals surface area contributed by atoms with Crippen molar-refractivity contribution in [2.24, 2.45) is 5.92 Å². The molecule has 2 saturated heterocycles. The number of piperidine rings is 1. The minimum atomic E-state index is -1.12. The molecule has 1 N–H and O–H groups in total. The molecule has 3 unspecified atom stereocenters. The van der Waals surface area contributed by atoms with E-state index in [1.165, 1.54) is 11.0 Å². The number of benzene rings is 2. The molecule has 4 rings (SSSR count). The number of carbonyl (C=O) groups excluding carboxylic acids is 3. The third kappa shape index (κ3) is 9.80. The zero-order chi connectivity index (χ0) is 33.6. The lowest BCUT2D eigenvalue weighted by molar-refractivity contribution is -0.132. The van der Waals surface area contributed by atoms with Crippen molar-refractivity contribution in [1.82, 2.24) is 15.1 Å². The van der Waals surface area contributed by atoms with Crippen molar-refractivity contribution in [3.8, 4) is 16.9 Å². The lowest BCUT2D eigenvalue weighted by atomic mass is 9.92. The van der Waals surface area contributed by atoms with Gasteiger partial charge in [-0.15, -0.1) is 0 Å². The number of ether oxygens (including phenoxy) is 3. The first-order valence-corrected chi connectivity index (χ1v) is 16.1. The molecule has 3 atom stereocenters. The summed E-state index contributed by atoms with van der Waals surface area (Å²) >= 11 is 0. The second kappa shape index (κ2) is 15.1. The summed E-state index contributed by atoms with van der Waals surface area (Å²) in [5.41, 5.74) is 0.882. The highest BCUT2D eigenvalue weighted by Crippen LogP contribution is 2.29. The van der Waals surface area contributed by atoms with Crippen molar-refractivity contribution in [2.45, 2.75) is 97.2 Å². The summed E-state index contributed by atoms with van der Waals surface area (Å²) in [6, 6.07) is 11.1. The van der Waals surface area contributed by atoms with Crippen LogP contribution in [0.25, 0.3) is 11.1 Å². The van der Waals surface area contributed by atoms with Crippen LogP contribution in [0, 0.1) is 11.7 Å². The first-order chi connectivity index (χ1) is 21.7. The highest BCUT2D eigenvalue weighted by Gasteiger charge is 2.33. The summed E-state index contributed by atoms with van der Waals surface area (Å²) in [5, 5.41) is 2.57. The third-order valence-electron chi connectivity index (χ3n) is 8.22. The molecule has 0 spiro atoms. The van der Waals surface area contributed by atoms with Crippen molar-refractivity contribution >= 4 is 18.1 Å². The Kier molecular flexibility index (Phi) is 11.5. The van der Waals surface area contributed by atoms with Crippen LogP contribution in [0.15, 0.2) is 42.5 Å². The van der Waals surface area contributed by atoms with Crippen LogP contribution in [0.1, 0.15) is 66.4 Å². The number of nitrogens with zero attached hydrogens (tertiary/aromatic N) is 2. The van der Waals surface area contributed by atoms with Crippen molar-refractivity contribution in [3.05, 3.63) is 53.8 Å². The average molecular weight is 644 g/mol. The standard InChI is InChI=1S/C35H47F2N3O6/c1-22(2)44-34(43)39-16-13-24(14-17-39)23(3)45-29-11-9-25(10-12-29)26-7-8-27(30(37)19-26)20-31(38-33(42)46-35(4,5)6)32(41)40-18-15-28(36)21-40/h7-12,19,22-24,28,31H,13-18,20-21H2,1-6H3,(H,38,42). The van der Waals surface area contributed by atoms with Gasteiger partial charge in [-0.25, -0.2) is 18.4 Å². The van der Waals surface area contributed by atoms with Crippen molar-refractivity contribution < 1.29 is 37.4 Å². The first kappa shape index (κ1) is 35.0. The van der Waals surface area contributed by atoms with Crippen LogP contribution in [0.5, 0.6) is 5.75 Å². The van der Waals surface area contributed by atoms with Gasteiger partial charge < -0.3 is 29.3 Å². The summed E-state index contributed by atoms with van der Waals surface area (Å²) in [4.78, 5) is 41.0. The van der Waals surface area contributed by atoms with E-state index in [0.717, 1.165) is 18.4 Å². The van der Waals surface area contributed by atoms with Crippen LogP contribution < -0.4 is 10.1 Å². The van der Waals surface area contributed by atoms with Gasteiger partial charge in [0.1, 0.15) is 29.4 Å². The quantitative estimate of drug-likeness (QED) is 0.334. The van der Waals surface area contributed by atoms with Crippen molar-refractivity contribution in [1.29, 1.82) is 0 Å². The second-order valence-electron chi connectivity index (χ2n) is 13.5. The Hall–Kier alpha value is -3.89. The van der Waals surface area contributed by atoms with E-state index in [4.69, 9.17) is 14.2 Å². The van der Waals surface area contributed by atoms with Crippen LogP contribution in [0.3, 0.4) is 0 Å². The van der Waals surface area contributed by atoms with Gasteiger partial charge in [0, 0.05) is 26.1 Å². The van der Waals surface area contributed by atoms with E-state index in [9.17, 15) is 18.8 Å². The Balaban J connectivity index is 1.37. The van der Waals surface area contributed by atoms with Crippen molar-refractivity contribution in [2.75, 3.05) is 26.2 Å². The molecule has 2 aliphatic heterocycles. The van der Waals surface area contributed by atoms with E-state index in [2.05, 4.69) is 5.32 Å². The third-order valence-corrected chi connectivity index (χ3v) is 8.22. The Labute approximate surface area is 270 Å². The SMILES string of the molecule is CC(C)OC(=O)N1CCC(C(C)Oc2ccc(-c3ccc(CC(NC(=O)OC(C)(C)C)C(=O)N4CCC(F)C4)c(F)c3)cc2)CC1. The zero-order valence-electron chi connectivity index (χ0n) is 27.7. The molecule has 0 saturated carbocycles. The fraction of sp³-hybridized carbons (Fsp3) is 0.571. The van der Waals surface area contributed by atoms with Gasteiger partial charge in [0.15, 0.2) is 0 Å². The number of alkyl carbamates (subject to hydrolysis) is 1. The largest absolute Gasteiger partial charge is 0.490 e. The Morgan fingerprint density at radius 1 is 0.935 bits per heavy atom. The fourth-order valence-corrected chi connectivity index (χ4v) is 5.76. The summed E-state index contributed by atoms with van der Waals surface area (Å²) in [5.74, 6) is -0.00192. The normalized spacial score (nSPS) is 18.7. The molecule has 2 heterocycles. The number of hydrogen-bond donors (Lipinski definition) is 1. The Bertz CT molecular complexity index is 1360. The highest BCUT2D eigenvalue weighted by molar-refractivity contribution is 5.86. The predicted octanol–water partition coefficient (Wildman–Crippen LogP) is 6.52. The lowest BCUT2D eigenvalue weighted by Crippen LogP contribution is -2.50. The van der Waals surface area contributed by atoms with Crippen LogP contribution in [0.2, 0.25) is 0 Å². The molecule has 9 nitrogen and oxygen atoms in total. The number of amides is 3. The number of rotatable bonds is 9. The summed E-state index contributed by atoms with van der Waals surface area (Å²) < 4.78 is 46.1. The van der Waals surface area contributed by atoms with Gasteiger partial charge in [-0.3, -0.25) is 4.79 Å². The molecular formula is C35H47F2N3O6. The predicted molar refractivity (Wildman–Crippen MR) is 171 cm³/mol. The van der Waals surface area contributed by atoms with Gasteiger partial charge in [-0.2, -0.15) is 0 Å². The highest BCUT2D eigenvalue weighted by atomic mass is 19.1. The van der Waals surface area contributed by atoms with Gasteiger partial charge in [-0.1, -0.05) is 24.3 Å². The monoisotopic (exact) mass is 643 g/mol. The number of halogens is 2. The molecule has 0 aromatic heterocycles. The first-order valence-electron chi connectivity index (χ1n) is 16.1. The summed E-state index contributed by atoms with van der Waals surface area (Å²) in [6.07, 6.45) is -0.619. The number of carbonyl (C=O) groups is 3. The zero-order valence-corrected chi connectivity index (χ0v) is 27.7. The Morgan fingerprint density at radius 3 is 2.13 bits per heavy atom. The van der Waals surface area contributed by atoms with Gasteiger partial charge in [-0.05, 0) is 102 Å². The number of hydrogen-bond acceptors (Lipinski definition) is 6. The molecule has 2 aromatic carbocycles. The molecule has 252 valence electrons. The van der Waals surface area contributed by atoms with Gasteiger partial charge >= 0.3 is 12.2 Å². The molecule has 2 aliphatic rings. The molecule has 46 heavy (non-hydrogen) atoms. The number of alkyl halides is 1. The average Bonchev–Trinajstić information content (AvgIpc) is 3.42. The van der Waals surface area contributed by atoms with E-state index >= 15 is 4.39 Å².